The van der Waals surface area contributed by atoms with Crippen LogP contribution in [0.4, 0.5) is 0 Å². The number of aliphatic hydroxyl groups excluding tert-OH is 1. The van der Waals surface area contributed by atoms with Gasteiger partial charge in [0.05, 0.1) is 0 Å². The van der Waals surface area contributed by atoms with Gasteiger partial charge in [0.1, 0.15) is 37.6 Å². The number of ether oxygens (including phenoxy) is 3. The second-order valence-electron chi connectivity index (χ2n) is 9.57. The molecule has 6 aromatic rings. The highest BCUT2D eigenvalue weighted by Crippen LogP contribution is 2.29. The van der Waals surface area contributed by atoms with Crippen molar-refractivity contribution in [1.82, 2.24) is 0 Å². The van der Waals surface area contributed by atoms with Crippen LogP contribution in [-0.4, -0.2) is 31.2 Å². The van der Waals surface area contributed by atoms with Crippen molar-refractivity contribution in [2.45, 2.75) is 6.10 Å². The van der Waals surface area contributed by atoms with E-state index in [0.29, 0.717) is 22.6 Å². The van der Waals surface area contributed by atoms with Gasteiger partial charge in [-0.1, -0.05) is 83.3 Å². The largest absolute Gasteiger partial charge is 0.491 e. The van der Waals surface area contributed by atoms with Gasteiger partial charge in [-0.2, -0.15) is 0 Å². The molecule has 8 heteroatoms. The Kier molecular flexibility index (Phi) is 8.39. The van der Waals surface area contributed by atoms with Crippen LogP contribution in [0.5, 0.6) is 11.5 Å². The second-order valence-corrected chi connectivity index (χ2v) is 11.6. The van der Waals surface area contributed by atoms with E-state index in [1.165, 1.54) is 22.7 Å². The lowest BCUT2D eigenvalue weighted by atomic mass is 10.1. The topological polar surface area (TPSA) is 82.1 Å². The van der Waals surface area contributed by atoms with Crippen molar-refractivity contribution >= 4 is 42.8 Å². The minimum Gasteiger partial charge on any atom is -0.491 e. The van der Waals surface area contributed by atoms with Gasteiger partial charge in [0.25, 0.3) is 0 Å². The number of aliphatic hydroxyl groups is 1. The fraction of sp³-hybridized carbons (Fsp3) is 0.118. The van der Waals surface area contributed by atoms with Gasteiger partial charge in [0, 0.05) is 20.5 Å². The third-order valence-electron chi connectivity index (χ3n) is 6.77. The lowest BCUT2D eigenvalue weighted by Gasteiger charge is -2.18. The van der Waals surface area contributed by atoms with Crippen molar-refractivity contribution < 1.29 is 19.3 Å². The molecule has 0 aliphatic carbocycles. The SMILES string of the molecule is O=c1sc2cc(OCC(COc3ccc4cc(-c5ccccc5)c(=O)sc4c3)OCO)ccc2cc1-c1ccccc1. The maximum Gasteiger partial charge on any atom is 0.240 e. The summed E-state index contributed by atoms with van der Waals surface area (Å²) >= 11 is 2.36. The summed E-state index contributed by atoms with van der Waals surface area (Å²) in [4.78, 5) is 25.6. The molecule has 0 radical (unpaired) electrons. The third-order valence-corrected chi connectivity index (χ3v) is 8.72. The molecule has 2 heterocycles. The van der Waals surface area contributed by atoms with E-state index in [9.17, 15) is 14.7 Å². The van der Waals surface area contributed by atoms with Crippen LogP contribution in [0.3, 0.4) is 0 Å². The monoisotopic (exact) mass is 594 g/mol. The van der Waals surface area contributed by atoms with Gasteiger partial charge in [-0.05, 0) is 70.4 Å². The maximum absolute atomic E-state index is 12.8. The summed E-state index contributed by atoms with van der Waals surface area (Å²) in [7, 11) is 0. The fourth-order valence-electron chi connectivity index (χ4n) is 4.63. The number of hydrogen-bond donors (Lipinski definition) is 1. The minimum absolute atomic E-state index is 0.0163. The molecule has 2 aromatic heterocycles. The zero-order chi connectivity index (χ0) is 28.9. The number of benzene rings is 4. The molecule has 6 nitrogen and oxygen atoms in total. The lowest BCUT2D eigenvalue weighted by Crippen LogP contribution is -2.29. The highest BCUT2D eigenvalue weighted by molar-refractivity contribution is 7.16. The Bertz CT molecular complexity index is 1810. The van der Waals surface area contributed by atoms with Gasteiger partial charge >= 0.3 is 0 Å². The van der Waals surface area contributed by atoms with Crippen molar-refractivity contribution in [3.05, 3.63) is 128 Å². The van der Waals surface area contributed by atoms with E-state index < -0.39 is 12.9 Å². The first kappa shape index (κ1) is 27.8. The molecule has 42 heavy (non-hydrogen) atoms. The van der Waals surface area contributed by atoms with Crippen molar-refractivity contribution in [3.8, 4) is 33.8 Å². The first-order chi connectivity index (χ1) is 20.6. The Morgan fingerprint density at radius 3 is 1.48 bits per heavy atom. The molecular formula is C34H26O6S2. The molecule has 210 valence electrons. The smallest absolute Gasteiger partial charge is 0.240 e. The Balaban J connectivity index is 1.13. The van der Waals surface area contributed by atoms with Crippen molar-refractivity contribution in [2.75, 3.05) is 20.0 Å². The van der Waals surface area contributed by atoms with Crippen LogP contribution in [0.2, 0.25) is 0 Å². The van der Waals surface area contributed by atoms with E-state index in [4.69, 9.17) is 14.2 Å². The molecule has 0 atom stereocenters. The third kappa shape index (κ3) is 6.27. The van der Waals surface area contributed by atoms with Gasteiger partial charge in [-0.25, -0.2) is 0 Å². The van der Waals surface area contributed by atoms with Crippen LogP contribution in [0.15, 0.2) is 119 Å². The molecule has 0 saturated carbocycles. The molecule has 0 bridgehead atoms. The molecule has 0 unspecified atom stereocenters. The van der Waals surface area contributed by atoms with E-state index in [-0.39, 0.29) is 22.7 Å². The van der Waals surface area contributed by atoms with E-state index in [0.717, 1.165) is 31.3 Å². The summed E-state index contributed by atoms with van der Waals surface area (Å²) in [6, 6.07) is 34.3. The predicted octanol–water partition coefficient (Wildman–Crippen LogP) is 6.96. The fourth-order valence-corrected chi connectivity index (χ4v) is 6.44. The van der Waals surface area contributed by atoms with Crippen molar-refractivity contribution in [1.29, 1.82) is 0 Å². The van der Waals surface area contributed by atoms with Crippen molar-refractivity contribution in [3.63, 3.8) is 0 Å². The lowest BCUT2D eigenvalue weighted by molar-refractivity contribution is -0.0792. The summed E-state index contributed by atoms with van der Waals surface area (Å²) in [6.45, 7) is -0.227. The Labute approximate surface area is 249 Å². The average molecular weight is 595 g/mol. The molecule has 0 saturated heterocycles. The first-order valence-corrected chi connectivity index (χ1v) is 15.0. The minimum atomic E-state index is -0.556. The number of hydrogen-bond acceptors (Lipinski definition) is 8. The van der Waals surface area contributed by atoms with Gasteiger partial charge in [0.15, 0.2) is 0 Å². The van der Waals surface area contributed by atoms with Crippen LogP contribution >= 0.6 is 22.7 Å². The second kappa shape index (κ2) is 12.7. The van der Waals surface area contributed by atoms with Crippen molar-refractivity contribution in [2.24, 2.45) is 0 Å². The van der Waals surface area contributed by atoms with Gasteiger partial charge in [0.2, 0.25) is 9.48 Å². The van der Waals surface area contributed by atoms with Crippen LogP contribution in [0, 0.1) is 0 Å². The van der Waals surface area contributed by atoms with Crippen LogP contribution in [0.1, 0.15) is 0 Å². The maximum atomic E-state index is 12.8. The van der Waals surface area contributed by atoms with Gasteiger partial charge < -0.3 is 19.3 Å². The molecule has 0 amide bonds. The zero-order valence-corrected chi connectivity index (χ0v) is 24.0. The standard InChI is InChI=1S/C34H26O6S2/c35-21-40-28(19-38-26-13-11-24-15-29(22-7-3-1-4-8-22)33(36)41-31(24)17-26)20-39-27-14-12-25-16-30(23-9-5-2-6-10-23)34(37)42-32(25)18-27/h1-18,28,35H,19-21H2. The molecular weight excluding hydrogens is 569 g/mol. The molecule has 0 aliphatic rings. The molecule has 6 rings (SSSR count). The average Bonchev–Trinajstić information content (AvgIpc) is 3.02. The molecule has 4 aromatic carbocycles. The van der Waals surface area contributed by atoms with E-state index in [1.54, 1.807) is 0 Å². The number of rotatable bonds is 10. The van der Waals surface area contributed by atoms with Gasteiger partial charge in [-0.3, -0.25) is 9.59 Å². The Morgan fingerprint density at radius 2 is 1.05 bits per heavy atom. The summed E-state index contributed by atoms with van der Waals surface area (Å²) in [6.07, 6.45) is -0.556. The quantitative estimate of drug-likeness (QED) is 0.173. The van der Waals surface area contributed by atoms with Crippen LogP contribution < -0.4 is 19.0 Å². The number of fused-ring (bicyclic) bond motifs is 2. The molecule has 0 spiro atoms. The van der Waals surface area contributed by atoms with Crippen LogP contribution in [0.25, 0.3) is 42.4 Å². The first-order valence-electron chi connectivity index (χ1n) is 13.3. The molecule has 0 aliphatic heterocycles. The zero-order valence-electron chi connectivity index (χ0n) is 22.4. The van der Waals surface area contributed by atoms with E-state index in [2.05, 4.69) is 0 Å². The van der Waals surface area contributed by atoms with E-state index >= 15 is 0 Å². The summed E-state index contributed by atoms with van der Waals surface area (Å²) in [5.41, 5.74) is 3.13. The summed E-state index contributed by atoms with van der Waals surface area (Å²) in [5.74, 6) is 1.17. The highest BCUT2D eigenvalue weighted by Gasteiger charge is 2.14. The van der Waals surface area contributed by atoms with Gasteiger partial charge in [-0.15, -0.1) is 0 Å². The normalized spacial score (nSPS) is 11.3. The predicted molar refractivity (Wildman–Crippen MR) is 170 cm³/mol. The molecule has 0 fully saturated rings. The summed E-state index contributed by atoms with van der Waals surface area (Å²) in [5, 5.41) is 11.3. The summed E-state index contributed by atoms with van der Waals surface area (Å²) < 4.78 is 19.0. The Morgan fingerprint density at radius 1 is 0.595 bits per heavy atom. The molecule has 1 N–H and O–H groups in total. The Hall–Kier alpha value is -4.34. The van der Waals surface area contributed by atoms with Crippen LogP contribution in [-0.2, 0) is 4.74 Å². The van der Waals surface area contributed by atoms with E-state index in [1.807, 2.05) is 109 Å². The highest BCUT2D eigenvalue weighted by atomic mass is 32.1.